The zero-order valence-corrected chi connectivity index (χ0v) is 35.1. The second kappa shape index (κ2) is 14.2. The van der Waals surface area contributed by atoms with Crippen molar-refractivity contribution >= 4 is 34.1 Å². The molecule has 3 aliphatic rings. The zero-order chi connectivity index (χ0) is 42.2. The van der Waals surface area contributed by atoms with Crippen LogP contribution in [-0.2, 0) is 10.8 Å². The number of rotatable bonds is 6. The van der Waals surface area contributed by atoms with Gasteiger partial charge in [0.25, 0.3) is 0 Å². The van der Waals surface area contributed by atoms with E-state index in [0.717, 1.165) is 34.1 Å². The lowest BCUT2D eigenvalue weighted by Crippen LogP contribution is -2.44. The van der Waals surface area contributed by atoms with Crippen molar-refractivity contribution < 1.29 is 0 Å². The summed E-state index contributed by atoms with van der Waals surface area (Å²) in [6.07, 6.45) is 0. The molecule has 0 saturated heterocycles. The van der Waals surface area contributed by atoms with E-state index in [1.165, 1.54) is 66.8 Å². The first-order chi connectivity index (χ1) is 31.8. The number of para-hydroxylation sites is 4. The van der Waals surface area contributed by atoms with Crippen molar-refractivity contribution in [3.63, 3.8) is 0 Å². The fraction of sp³-hybridized carbons (Fsp3) is 0.0323. The molecule has 0 fully saturated rings. The molecule has 300 valence electrons. The Morgan fingerprint density at radius 1 is 0.188 bits per heavy atom. The Labute approximate surface area is 374 Å². The third-order valence-corrected chi connectivity index (χ3v) is 14.1. The fourth-order valence-electron chi connectivity index (χ4n) is 11.7. The van der Waals surface area contributed by atoms with E-state index in [1.54, 1.807) is 0 Å². The molecule has 0 saturated carbocycles. The Balaban J connectivity index is 1.21. The van der Waals surface area contributed by atoms with Crippen molar-refractivity contribution in [2.75, 3.05) is 9.80 Å². The average Bonchev–Trinajstić information content (AvgIpc) is 3.83. The van der Waals surface area contributed by atoms with Gasteiger partial charge in [0.1, 0.15) is 0 Å². The van der Waals surface area contributed by atoms with Crippen molar-refractivity contribution in [1.82, 2.24) is 0 Å². The molecule has 10 aromatic carbocycles. The molecule has 2 heteroatoms. The molecule has 0 unspecified atom stereocenters. The summed E-state index contributed by atoms with van der Waals surface area (Å²) in [5, 5.41) is 0. The summed E-state index contributed by atoms with van der Waals surface area (Å²) in [7, 11) is 0. The van der Waals surface area contributed by atoms with Crippen LogP contribution in [0.2, 0.25) is 0 Å². The monoisotopic (exact) mass is 814 g/mol. The molecule has 13 rings (SSSR count). The van der Waals surface area contributed by atoms with Gasteiger partial charge in [0.15, 0.2) is 0 Å². The minimum Gasteiger partial charge on any atom is -0.310 e. The van der Waals surface area contributed by atoms with Gasteiger partial charge in [-0.05, 0) is 140 Å². The summed E-state index contributed by atoms with van der Waals surface area (Å²) in [6.45, 7) is 0. The summed E-state index contributed by atoms with van der Waals surface area (Å²) in [5.74, 6) is 0. The molecule has 0 amide bonds. The summed E-state index contributed by atoms with van der Waals surface area (Å²) in [6, 6.07) is 94.7. The first kappa shape index (κ1) is 36.5. The highest BCUT2D eigenvalue weighted by molar-refractivity contribution is 5.95. The number of anilines is 6. The molecule has 0 radical (unpaired) electrons. The molecule has 0 atom stereocenters. The van der Waals surface area contributed by atoms with Gasteiger partial charge >= 0.3 is 0 Å². The Morgan fingerprint density at radius 2 is 0.438 bits per heavy atom. The third-order valence-electron chi connectivity index (χ3n) is 14.1. The van der Waals surface area contributed by atoms with Crippen LogP contribution in [0, 0.1) is 0 Å². The van der Waals surface area contributed by atoms with Crippen LogP contribution in [0.4, 0.5) is 34.1 Å². The molecule has 2 nitrogen and oxygen atoms in total. The third kappa shape index (κ3) is 4.97. The normalized spacial score (nSPS) is 13.9. The van der Waals surface area contributed by atoms with Gasteiger partial charge in [0, 0.05) is 34.1 Å². The Hall–Kier alpha value is -8.20. The van der Waals surface area contributed by atoms with Gasteiger partial charge in [-0.15, -0.1) is 0 Å². The van der Waals surface area contributed by atoms with Crippen molar-refractivity contribution in [1.29, 1.82) is 0 Å². The Kier molecular flexibility index (Phi) is 8.07. The lowest BCUT2D eigenvalue weighted by atomic mass is 9.52. The van der Waals surface area contributed by atoms with E-state index in [4.69, 9.17) is 0 Å². The van der Waals surface area contributed by atoms with Gasteiger partial charge in [0.2, 0.25) is 0 Å². The van der Waals surface area contributed by atoms with Crippen LogP contribution < -0.4 is 9.80 Å². The number of nitrogens with zero attached hydrogens (tertiary/aromatic N) is 2. The maximum atomic E-state index is 2.54. The summed E-state index contributed by atoms with van der Waals surface area (Å²) in [4.78, 5) is 4.83. The molecule has 10 aromatic rings. The van der Waals surface area contributed by atoms with Crippen LogP contribution in [-0.4, -0.2) is 0 Å². The SMILES string of the molecule is c1ccc(N(c2ccccc2)c2ccc3c(c2)C2(c4ccccc4-c4ccccc42)c2ccc(N(c4ccccc4)c4ccccc4)cc2C32c3ccccc3-c3ccccc32)cc1. The largest absolute Gasteiger partial charge is 0.310 e. The summed E-state index contributed by atoms with van der Waals surface area (Å²) in [5.41, 5.74) is 21.0. The predicted molar refractivity (Wildman–Crippen MR) is 264 cm³/mol. The number of hydrogen-bond acceptors (Lipinski definition) is 2. The number of fused-ring (bicyclic) bond motifs is 16. The minimum absolute atomic E-state index is 0.645. The Morgan fingerprint density at radius 3 is 0.719 bits per heavy atom. The van der Waals surface area contributed by atoms with E-state index in [2.05, 4.69) is 265 Å². The first-order valence-corrected chi connectivity index (χ1v) is 22.3. The summed E-state index contributed by atoms with van der Waals surface area (Å²) >= 11 is 0. The minimum atomic E-state index is -0.645. The van der Waals surface area contributed by atoms with Crippen LogP contribution in [0.5, 0.6) is 0 Å². The van der Waals surface area contributed by atoms with Crippen molar-refractivity contribution in [2.24, 2.45) is 0 Å². The molecular weight excluding hydrogens is 773 g/mol. The highest BCUT2D eigenvalue weighted by Gasteiger charge is 2.59. The zero-order valence-electron chi connectivity index (χ0n) is 35.1. The molecule has 3 aliphatic carbocycles. The van der Waals surface area contributed by atoms with E-state index in [9.17, 15) is 0 Å². The van der Waals surface area contributed by atoms with E-state index in [-0.39, 0.29) is 0 Å². The molecule has 64 heavy (non-hydrogen) atoms. The highest BCUT2D eigenvalue weighted by Crippen LogP contribution is 2.68. The maximum Gasteiger partial charge on any atom is 0.0720 e. The molecular formula is C62H42N2. The van der Waals surface area contributed by atoms with Gasteiger partial charge in [-0.1, -0.05) is 182 Å². The second-order valence-electron chi connectivity index (χ2n) is 17.2. The van der Waals surface area contributed by atoms with Gasteiger partial charge in [0.05, 0.1) is 10.8 Å². The van der Waals surface area contributed by atoms with E-state index in [1.807, 2.05) is 0 Å². The molecule has 0 aliphatic heterocycles. The summed E-state index contributed by atoms with van der Waals surface area (Å²) < 4.78 is 0. The van der Waals surface area contributed by atoms with Crippen molar-refractivity contribution in [3.05, 3.63) is 299 Å². The quantitative estimate of drug-likeness (QED) is 0.165. The average molecular weight is 815 g/mol. The van der Waals surface area contributed by atoms with Crippen LogP contribution in [0.15, 0.2) is 255 Å². The standard InChI is InChI=1S/C62H42N2/c1-5-21-43(22-6-1)63(44-23-7-2-8-24-44)47-37-39-57-59(41-47)61(53-33-17-13-29-49(53)50-30-14-18-34-54(50)61)58-40-38-48(64(45-25-9-3-10-26-45)46-27-11-4-12-28-46)42-60(58)62(57)55-35-19-15-31-51(55)52-32-16-20-36-56(52)62/h1-42H. The molecule has 0 heterocycles. The highest BCUT2D eigenvalue weighted by atomic mass is 15.1. The first-order valence-electron chi connectivity index (χ1n) is 22.3. The van der Waals surface area contributed by atoms with Gasteiger partial charge in [-0.2, -0.15) is 0 Å². The van der Waals surface area contributed by atoms with Crippen LogP contribution in [0.3, 0.4) is 0 Å². The lowest BCUT2D eigenvalue weighted by molar-refractivity contribution is 0.633. The topological polar surface area (TPSA) is 6.48 Å². The maximum absolute atomic E-state index is 2.54. The van der Waals surface area contributed by atoms with E-state index >= 15 is 0 Å². The smallest absolute Gasteiger partial charge is 0.0720 e. The van der Waals surface area contributed by atoms with Crippen LogP contribution >= 0.6 is 0 Å². The van der Waals surface area contributed by atoms with E-state index < -0.39 is 10.8 Å². The number of hydrogen-bond donors (Lipinski definition) is 0. The van der Waals surface area contributed by atoms with Crippen LogP contribution in [0.1, 0.15) is 44.5 Å². The predicted octanol–water partition coefficient (Wildman–Crippen LogP) is 15.7. The molecule has 2 spiro atoms. The number of benzene rings is 10. The van der Waals surface area contributed by atoms with Gasteiger partial charge in [-0.25, -0.2) is 0 Å². The lowest BCUT2D eigenvalue weighted by Gasteiger charge is -2.49. The van der Waals surface area contributed by atoms with E-state index in [0.29, 0.717) is 0 Å². The molecule has 0 bridgehead atoms. The van der Waals surface area contributed by atoms with Gasteiger partial charge in [-0.3, -0.25) is 0 Å². The van der Waals surface area contributed by atoms with Crippen molar-refractivity contribution in [3.8, 4) is 22.3 Å². The van der Waals surface area contributed by atoms with Crippen LogP contribution in [0.25, 0.3) is 22.3 Å². The molecule has 0 N–H and O–H groups in total. The van der Waals surface area contributed by atoms with Crippen molar-refractivity contribution in [2.45, 2.75) is 10.8 Å². The van der Waals surface area contributed by atoms with Gasteiger partial charge < -0.3 is 9.80 Å². The Bertz CT molecular complexity index is 2990. The second-order valence-corrected chi connectivity index (χ2v) is 17.2. The molecule has 0 aromatic heterocycles. The fourth-order valence-corrected chi connectivity index (χ4v) is 11.7.